The molecule has 0 aromatic heterocycles. The maximum atomic E-state index is 6.00. The monoisotopic (exact) mass is 329 g/mol. The lowest BCUT2D eigenvalue weighted by Gasteiger charge is -2.14. The van der Waals surface area contributed by atoms with Gasteiger partial charge in [0.1, 0.15) is 0 Å². The van der Waals surface area contributed by atoms with Crippen LogP contribution in [0.1, 0.15) is 18.4 Å². The minimum atomic E-state index is 0.621. The Hall–Kier alpha value is -0.320. The fourth-order valence-corrected chi connectivity index (χ4v) is 2.92. The average molecular weight is 330 g/mol. The van der Waals surface area contributed by atoms with Gasteiger partial charge in [0.25, 0.3) is 0 Å². The van der Waals surface area contributed by atoms with E-state index >= 15 is 0 Å². The second-order valence-electron chi connectivity index (χ2n) is 5.55. The molecule has 1 aromatic carbocycles. The highest BCUT2D eigenvalue weighted by Gasteiger charge is 2.09. The third-order valence-electron chi connectivity index (χ3n) is 3.86. The van der Waals surface area contributed by atoms with Crippen molar-refractivity contribution in [3.63, 3.8) is 0 Å². The minimum absolute atomic E-state index is 0.621. The summed E-state index contributed by atoms with van der Waals surface area (Å²) < 4.78 is 0. The molecule has 118 valence electrons. The van der Waals surface area contributed by atoms with Gasteiger partial charge in [-0.1, -0.05) is 29.3 Å². The Balaban J connectivity index is 1.45. The fourth-order valence-electron chi connectivity index (χ4n) is 2.60. The van der Waals surface area contributed by atoms with Gasteiger partial charge in [-0.25, -0.2) is 0 Å². The number of nitrogens with zero attached hydrogens (tertiary/aromatic N) is 1. The molecule has 2 rings (SSSR count). The summed E-state index contributed by atoms with van der Waals surface area (Å²) in [5.41, 5.74) is 1.22. The van der Waals surface area contributed by atoms with E-state index in [-0.39, 0.29) is 0 Å². The second-order valence-corrected chi connectivity index (χ2v) is 6.36. The lowest BCUT2D eigenvalue weighted by Crippen LogP contribution is -2.34. The van der Waals surface area contributed by atoms with E-state index in [9.17, 15) is 0 Å². The van der Waals surface area contributed by atoms with Crippen LogP contribution in [0, 0.1) is 0 Å². The third kappa shape index (κ3) is 6.54. The predicted octanol–water partition coefficient (Wildman–Crippen LogP) is 2.81. The van der Waals surface area contributed by atoms with Gasteiger partial charge < -0.3 is 15.5 Å². The lowest BCUT2D eigenvalue weighted by molar-refractivity contribution is 0.336. The van der Waals surface area contributed by atoms with Gasteiger partial charge in [0.05, 0.1) is 10.0 Å². The normalized spacial score (nSPS) is 15.7. The van der Waals surface area contributed by atoms with Gasteiger partial charge in [0, 0.05) is 26.2 Å². The second kappa shape index (κ2) is 9.65. The quantitative estimate of drug-likeness (QED) is 0.682. The molecule has 0 unspecified atom stereocenters. The van der Waals surface area contributed by atoms with Gasteiger partial charge in [0.15, 0.2) is 0 Å². The number of likely N-dealkylation sites (tertiary alicyclic amines) is 1. The van der Waals surface area contributed by atoms with E-state index in [2.05, 4.69) is 15.5 Å². The van der Waals surface area contributed by atoms with Crippen molar-refractivity contribution in [2.24, 2.45) is 0 Å². The zero-order chi connectivity index (χ0) is 14.9. The molecule has 0 spiro atoms. The highest BCUT2D eigenvalue weighted by molar-refractivity contribution is 6.42. The predicted molar refractivity (Wildman–Crippen MR) is 91.6 cm³/mol. The van der Waals surface area contributed by atoms with E-state index in [0.717, 1.165) is 32.6 Å². The van der Waals surface area contributed by atoms with Crippen molar-refractivity contribution < 1.29 is 0 Å². The summed E-state index contributed by atoms with van der Waals surface area (Å²) in [6, 6.07) is 5.84. The number of hydrogen-bond donors (Lipinski definition) is 2. The van der Waals surface area contributed by atoms with Gasteiger partial charge in [-0.2, -0.15) is 0 Å². The first-order chi connectivity index (χ1) is 10.3. The van der Waals surface area contributed by atoms with E-state index in [1.165, 1.54) is 38.0 Å². The molecule has 0 saturated carbocycles. The molecule has 21 heavy (non-hydrogen) atoms. The van der Waals surface area contributed by atoms with E-state index in [1.807, 2.05) is 18.2 Å². The zero-order valence-electron chi connectivity index (χ0n) is 12.5. The standard InChI is InChI=1S/C16H25Cl2N3/c17-15-4-3-14(13-16(15)18)5-6-19-7-8-20-9-12-21-10-1-2-11-21/h3-4,13,19-20H,1-2,5-12H2. The molecule has 1 aliphatic rings. The summed E-state index contributed by atoms with van der Waals surface area (Å²) in [5, 5.41) is 8.19. The topological polar surface area (TPSA) is 27.3 Å². The van der Waals surface area contributed by atoms with Crippen LogP contribution < -0.4 is 10.6 Å². The molecular formula is C16H25Cl2N3. The molecular weight excluding hydrogens is 305 g/mol. The van der Waals surface area contributed by atoms with Crippen LogP contribution in [-0.4, -0.2) is 50.7 Å². The highest BCUT2D eigenvalue weighted by atomic mass is 35.5. The molecule has 0 amide bonds. The van der Waals surface area contributed by atoms with E-state index in [4.69, 9.17) is 23.2 Å². The molecule has 3 nitrogen and oxygen atoms in total. The molecule has 0 atom stereocenters. The summed E-state index contributed by atoms with van der Waals surface area (Å²) in [5.74, 6) is 0. The molecule has 0 aliphatic carbocycles. The van der Waals surface area contributed by atoms with Gasteiger partial charge >= 0.3 is 0 Å². The van der Waals surface area contributed by atoms with Gasteiger partial charge in [-0.05, 0) is 56.6 Å². The Bertz CT molecular complexity index is 420. The van der Waals surface area contributed by atoms with Crippen LogP contribution in [0.15, 0.2) is 18.2 Å². The summed E-state index contributed by atoms with van der Waals surface area (Å²) in [6.45, 7) is 7.83. The number of rotatable bonds is 9. The van der Waals surface area contributed by atoms with Crippen LogP contribution in [0.2, 0.25) is 10.0 Å². The van der Waals surface area contributed by atoms with E-state index < -0.39 is 0 Å². The van der Waals surface area contributed by atoms with Crippen LogP contribution in [0.3, 0.4) is 0 Å². The maximum absolute atomic E-state index is 6.00. The summed E-state index contributed by atoms with van der Waals surface area (Å²) in [6.07, 6.45) is 3.72. The molecule has 1 heterocycles. The van der Waals surface area contributed by atoms with Crippen molar-refractivity contribution in [1.82, 2.24) is 15.5 Å². The molecule has 1 aromatic rings. The Morgan fingerprint density at radius 1 is 0.905 bits per heavy atom. The SMILES string of the molecule is Clc1ccc(CCNCCNCCN2CCCC2)cc1Cl. The lowest BCUT2D eigenvalue weighted by atomic mass is 10.1. The van der Waals surface area contributed by atoms with Crippen LogP contribution in [0.4, 0.5) is 0 Å². The highest BCUT2D eigenvalue weighted by Crippen LogP contribution is 2.22. The summed E-state index contributed by atoms with van der Waals surface area (Å²) in [4.78, 5) is 2.53. The number of benzene rings is 1. The molecule has 1 fully saturated rings. The smallest absolute Gasteiger partial charge is 0.0595 e. The largest absolute Gasteiger partial charge is 0.315 e. The number of nitrogens with one attached hydrogen (secondary N) is 2. The maximum Gasteiger partial charge on any atom is 0.0595 e. The number of hydrogen-bond acceptors (Lipinski definition) is 3. The third-order valence-corrected chi connectivity index (χ3v) is 4.60. The minimum Gasteiger partial charge on any atom is -0.315 e. The first-order valence-corrected chi connectivity index (χ1v) is 8.59. The van der Waals surface area contributed by atoms with Gasteiger partial charge in [-0.15, -0.1) is 0 Å². The average Bonchev–Trinajstić information content (AvgIpc) is 2.99. The molecule has 1 aliphatic heterocycles. The van der Waals surface area contributed by atoms with E-state index in [1.54, 1.807) is 0 Å². The Labute approximate surface area is 138 Å². The van der Waals surface area contributed by atoms with Crippen LogP contribution in [0.5, 0.6) is 0 Å². The first kappa shape index (κ1) is 17.0. The van der Waals surface area contributed by atoms with E-state index in [0.29, 0.717) is 10.0 Å². The van der Waals surface area contributed by atoms with Crippen molar-refractivity contribution in [2.75, 3.05) is 45.8 Å². The Morgan fingerprint density at radius 3 is 2.33 bits per heavy atom. The van der Waals surface area contributed by atoms with Crippen LogP contribution in [-0.2, 0) is 6.42 Å². The zero-order valence-corrected chi connectivity index (χ0v) is 14.0. The van der Waals surface area contributed by atoms with Crippen molar-refractivity contribution in [3.8, 4) is 0 Å². The van der Waals surface area contributed by atoms with Crippen LogP contribution in [0.25, 0.3) is 0 Å². The molecule has 1 saturated heterocycles. The Kier molecular flexibility index (Phi) is 7.83. The fraction of sp³-hybridized carbons (Fsp3) is 0.625. The van der Waals surface area contributed by atoms with Crippen LogP contribution >= 0.6 is 23.2 Å². The molecule has 5 heteroatoms. The van der Waals surface area contributed by atoms with Crippen molar-refractivity contribution in [1.29, 1.82) is 0 Å². The van der Waals surface area contributed by atoms with Gasteiger partial charge in [0.2, 0.25) is 0 Å². The molecule has 2 N–H and O–H groups in total. The number of halogens is 2. The summed E-state index contributed by atoms with van der Waals surface area (Å²) in [7, 11) is 0. The molecule has 0 radical (unpaired) electrons. The Morgan fingerprint density at radius 2 is 1.62 bits per heavy atom. The molecule has 0 bridgehead atoms. The van der Waals surface area contributed by atoms with Gasteiger partial charge in [-0.3, -0.25) is 0 Å². The van der Waals surface area contributed by atoms with Crippen molar-refractivity contribution >= 4 is 23.2 Å². The van der Waals surface area contributed by atoms with Crippen molar-refractivity contribution in [3.05, 3.63) is 33.8 Å². The van der Waals surface area contributed by atoms with Crippen molar-refractivity contribution in [2.45, 2.75) is 19.3 Å². The first-order valence-electron chi connectivity index (χ1n) is 7.83. The summed E-state index contributed by atoms with van der Waals surface area (Å²) >= 11 is 11.9.